The molecule has 1 aromatic heterocycles. The van der Waals surface area contributed by atoms with Crippen molar-refractivity contribution in [2.24, 2.45) is 0 Å². The molecule has 0 spiro atoms. The summed E-state index contributed by atoms with van der Waals surface area (Å²) in [6, 6.07) is 4.60. The Morgan fingerprint density at radius 3 is 2.75 bits per heavy atom. The molecule has 0 atom stereocenters. The molecule has 82 valence electrons. The SMILES string of the molecule is O=C(Nn1cnnc1)c1cc(Br)ccc1O. The molecule has 2 rings (SSSR count). The lowest BCUT2D eigenvalue weighted by atomic mass is 10.2. The number of nitrogens with one attached hydrogen (secondary N) is 1. The summed E-state index contributed by atoms with van der Waals surface area (Å²) in [4.78, 5) is 11.7. The molecule has 0 saturated heterocycles. The first-order valence-corrected chi connectivity index (χ1v) is 5.10. The lowest BCUT2D eigenvalue weighted by molar-refractivity contribution is 0.100. The van der Waals surface area contributed by atoms with Crippen LogP contribution < -0.4 is 5.43 Å². The standard InChI is InChI=1S/C9H7BrN4O2/c10-6-1-2-8(15)7(3-6)9(16)13-14-4-11-12-5-14/h1-5,15H,(H,13,16). The average Bonchev–Trinajstić information content (AvgIpc) is 2.74. The Bertz CT molecular complexity index is 512. The molecular formula is C9H7BrN4O2. The number of hydrogen-bond donors (Lipinski definition) is 2. The van der Waals surface area contributed by atoms with E-state index in [1.807, 2.05) is 0 Å². The van der Waals surface area contributed by atoms with Crippen LogP contribution in [-0.2, 0) is 0 Å². The topological polar surface area (TPSA) is 80.0 Å². The minimum absolute atomic E-state index is 0.0891. The third-order valence-corrected chi connectivity index (χ3v) is 2.35. The normalized spacial score (nSPS) is 10.1. The summed E-state index contributed by atoms with van der Waals surface area (Å²) in [5, 5.41) is 16.6. The first kappa shape index (κ1) is 10.6. The zero-order chi connectivity index (χ0) is 11.5. The molecule has 2 aromatic rings. The molecule has 7 heteroatoms. The van der Waals surface area contributed by atoms with Crippen molar-refractivity contribution >= 4 is 21.8 Å². The number of nitrogens with zero attached hydrogens (tertiary/aromatic N) is 3. The van der Waals surface area contributed by atoms with Crippen molar-refractivity contribution in [2.45, 2.75) is 0 Å². The minimum atomic E-state index is -0.446. The van der Waals surface area contributed by atoms with Crippen LogP contribution in [0.25, 0.3) is 0 Å². The highest BCUT2D eigenvalue weighted by Crippen LogP contribution is 2.21. The van der Waals surface area contributed by atoms with E-state index in [9.17, 15) is 9.90 Å². The number of amides is 1. The Hall–Kier alpha value is -1.89. The van der Waals surface area contributed by atoms with Crippen molar-refractivity contribution in [3.63, 3.8) is 0 Å². The Morgan fingerprint density at radius 2 is 2.06 bits per heavy atom. The lowest BCUT2D eigenvalue weighted by Crippen LogP contribution is -2.21. The fourth-order valence-electron chi connectivity index (χ4n) is 1.13. The maximum atomic E-state index is 11.7. The second-order valence-corrected chi connectivity index (χ2v) is 3.89. The van der Waals surface area contributed by atoms with Crippen LogP contribution in [0, 0.1) is 0 Å². The van der Waals surface area contributed by atoms with Gasteiger partial charge in [0.15, 0.2) is 0 Å². The Balaban J connectivity index is 2.24. The molecule has 0 aliphatic rings. The Morgan fingerprint density at radius 1 is 1.38 bits per heavy atom. The maximum Gasteiger partial charge on any atom is 0.273 e. The Kier molecular flexibility index (Phi) is 2.86. The molecule has 0 aliphatic carbocycles. The number of carbonyl (C=O) groups is 1. The van der Waals surface area contributed by atoms with Gasteiger partial charge in [0.25, 0.3) is 5.91 Å². The fourth-order valence-corrected chi connectivity index (χ4v) is 1.49. The molecule has 0 saturated carbocycles. The second kappa shape index (κ2) is 4.31. The Labute approximate surface area is 99.0 Å². The summed E-state index contributed by atoms with van der Waals surface area (Å²) in [6.07, 6.45) is 2.68. The highest BCUT2D eigenvalue weighted by Gasteiger charge is 2.11. The molecule has 0 unspecified atom stereocenters. The summed E-state index contributed by atoms with van der Waals surface area (Å²) < 4.78 is 2.00. The molecule has 16 heavy (non-hydrogen) atoms. The summed E-state index contributed by atoms with van der Waals surface area (Å²) in [6.45, 7) is 0. The number of phenolic OH excluding ortho intramolecular Hbond substituents is 1. The zero-order valence-electron chi connectivity index (χ0n) is 7.96. The quantitative estimate of drug-likeness (QED) is 0.865. The van der Waals surface area contributed by atoms with E-state index in [-0.39, 0.29) is 11.3 Å². The lowest BCUT2D eigenvalue weighted by Gasteiger charge is -2.06. The number of rotatable bonds is 2. The van der Waals surface area contributed by atoms with E-state index in [1.165, 1.54) is 29.5 Å². The summed E-state index contributed by atoms with van der Waals surface area (Å²) in [5.74, 6) is -0.535. The van der Waals surface area contributed by atoms with Crippen molar-refractivity contribution in [1.29, 1.82) is 0 Å². The van der Waals surface area contributed by atoms with Gasteiger partial charge in [-0.15, -0.1) is 10.2 Å². The number of hydrogen-bond acceptors (Lipinski definition) is 4. The van der Waals surface area contributed by atoms with E-state index >= 15 is 0 Å². The average molecular weight is 283 g/mol. The van der Waals surface area contributed by atoms with Crippen LogP contribution in [0.4, 0.5) is 0 Å². The number of aromatic hydroxyl groups is 1. The second-order valence-electron chi connectivity index (χ2n) is 2.97. The number of benzene rings is 1. The molecular weight excluding hydrogens is 276 g/mol. The van der Waals surface area contributed by atoms with Gasteiger partial charge < -0.3 is 5.11 Å². The van der Waals surface area contributed by atoms with E-state index < -0.39 is 5.91 Å². The minimum Gasteiger partial charge on any atom is -0.507 e. The predicted octanol–water partition coefficient (Wildman–Crippen LogP) is 1.13. The van der Waals surface area contributed by atoms with Crippen molar-refractivity contribution in [3.8, 4) is 5.75 Å². The summed E-state index contributed by atoms with van der Waals surface area (Å²) >= 11 is 3.22. The molecule has 0 fully saturated rings. The van der Waals surface area contributed by atoms with Crippen molar-refractivity contribution in [2.75, 3.05) is 5.43 Å². The van der Waals surface area contributed by atoms with Crippen LogP contribution in [0.15, 0.2) is 35.3 Å². The molecule has 1 aromatic carbocycles. The van der Waals surface area contributed by atoms with Gasteiger partial charge in [0, 0.05) is 4.47 Å². The van der Waals surface area contributed by atoms with Gasteiger partial charge in [-0.3, -0.25) is 10.2 Å². The number of carbonyl (C=O) groups excluding carboxylic acids is 1. The van der Waals surface area contributed by atoms with Crippen LogP contribution in [0.2, 0.25) is 0 Å². The van der Waals surface area contributed by atoms with Crippen LogP contribution in [0.5, 0.6) is 5.75 Å². The number of phenols is 1. The van der Waals surface area contributed by atoms with Crippen LogP contribution in [-0.4, -0.2) is 25.9 Å². The number of aromatic nitrogens is 3. The molecule has 1 heterocycles. The van der Waals surface area contributed by atoms with E-state index in [0.717, 1.165) is 0 Å². The van der Waals surface area contributed by atoms with Gasteiger partial charge in [-0.25, -0.2) is 4.68 Å². The molecule has 6 nitrogen and oxygen atoms in total. The number of halogens is 1. The van der Waals surface area contributed by atoms with Crippen molar-refractivity contribution < 1.29 is 9.90 Å². The monoisotopic (exact) mass is 282 g/mol. The van der Waals surface area contributed by atoms with Crippen molar-refractivity contribution in [1.82, 2.24) is 14.9 Å². The van der Waals surface area contributed by atoms with Crippen LogP contribution in [0.3, 0.4) is 0 Å². The zero-order valence-corrected chi connectivity index (χ0v) is 9.55. The van der Waals surface area contributed by atoms with E-state index in [4.69, 9.17) is 0 Å². The van der Waals surface area contributed by atoms with Gasteiger partial charge in [0.1, 0.15) is 18.4 Å². The van der Waals surface area contributed by atoms with Gasteiger partial charge >= 0.3 is 0 Å². The summed E-state index contributed by atoms with van der Waals surface area (Å²) in [7, 11) is 0. The maximum absolute atomic E-state index is 11.7. The molecule has 0 bridgehead atoms. The van der Waals surface area contributed by atoms with Crippen LogP contribution >= 0.6 is 15.9 Å². The largest absolute Gasteiger partial charge is 0.507 e. The fraction of sp³-hybridized carbons (Fsp3) is 0. The van der Waals surface area contributed by atoms with Gasteiger partial charge in [0.2, 0.25) is 0 Å². The molecule has 0 aliphatic heterocycles. The first-order valence-electron chi connectivity index (χ1n) is 4.31. The summed E-state index contributed by atoms with van der Waals surface area (Å²) in [5.41, 5.74) is 2.65. The van der Waals surface area contributed by atoms with Crippen LogP contribution in [0.1, 0.15) is 10.4 Å². The molecule has 0 radical (unpaired) electrons. The van der Waals surface area contributed by atoms with E-state index in [0.29, 0.717) is 4.47 Å². The highest BCUT2D eigenvalue weighted by molar-refractivity contribution is 9.10. The van der Waals surface area contributed by atoms with Crippen molar-refractivity contribution in [3.05, 3.63) is 40.9 Å². The predicted molar refractivity (Wildman–Crippen MR) is 59.5 cm³/mol. The molecule has 1 amide bonds. The van der Waals surface area contributed by atoms with Gasteiger partial charge in [-0.05, 0) is 18.2 Å². The van der Waals surface area contributed by atoms with Gasteiger partial charge in [-0.1, -0.05) is 15.9 Å². The van der Waals surface area contributed by atoms with Gasteiger partial charge in [0.05, 0.1) is 5.56 Å². The highest BCUT2D eigenvalue weighted by atomic mass is 79.9. The third-order valence-electron chi connectivity index (χ3n) is 1.85. The van der Waals surface area contributed by atoms with Gasteiger partial charge in [-0.2, -0.15) is 0 Å². The molecule has 2 N–H and O–H groups in total. The smallest absolute Gasteiger partial charge is 0.273 e. The first-order chi connectivity index (χ1) is 7.66. The van der Waals surface area contributed by atoms with E-state index in [2.05, 4.69) is 31.6 Å². The third kappa shape index (κ3) is 2.19. The van der Waals surface area contributed by atoms with E-state index in [1.54, 1.807) is 6.07 Å².